The summed E-state index contributed by atoms with van der Waals surface area (Å²) in [6.07, 6.45) is 12.1. The number of nitrogens with zero attached hydrogens (tertiary/aromatic N) is 3. The van der Waals surface area contributed by atoms with Gasteiger partial charge in [0, 0.05) is 24.4 Å². The second kappa shape index (κ2) is 7.09. The Labute approximate surface area is 156 Å². The smallest absolute Gasteiger partial charge is 0.261 e. The predicted octanol–water partition coefficient (Wildman–Crippen LogP) is 2.39. The van der Waals surface area contributed by atoms with Crippen molar-refractivity contribution in [2.45, 2.75) is 12.6 Å². The SMILES string of the molecule is N=CC1C=CC(c2ccc(Cn3cnc4cnccc4c3=O)cc2)=CC1N. The van der Waals surface area contributed by atoms with Crippen LogP contribution in [-0.4, -0.2) is 26.8 Å². The first-order chi connectivity index (χ1) is 13.2. The molecule has 2 unspecified atom stereocenters. The zero-order chi connectivity index (χ0) is 18.8. The molecule has 27 heavy (non-hydrogen) atoms. The first-order valence-corrected chi connectivity index (χ1v) is 8.70. The number of rotatable bonds is 4. The zero-order valence-electron chi connectivity index (χ0n) is 14.6. The molecule has 1 aliphatic carbocycles. The van der Waals surface area contributed by atoms with Crippen LogP contribution in [0.4, 0.5) is 0 Å². The van der Waals surface area contributed by atoms with Crippen LogP contribution in [-0.2, 0) is 6.54 Å². The number of pyridine rings is 1. The quantitative estimate of drug-likeness (QED) is 0.701. The van der Waals surface area contributed by atoms with Crippen molar-refractivity contribution in [3.05, 3.63) is 88.8 Å². The van der Waals surface area contributed by atoms with Gasteiger partial charge in [-0.15, -0.1) is 0 Å². The van der Waals surface area contributed by atoms with E-state index in [1.54, 1.807) is 29.4 Å². The minimum absolute atomic E-state index is 0.0458. The Balaban J connectivity index is 1.57. The molecule has 0 saturated heterocycles. The summed E-state index contributed by atoms with van der Waals surface area (Å²) in [4.78, 5) is 20.9. The highest BCUT2D eigenvalue weighted by molar-refractivity contribution is 5.78. The molecule has 2 heterocycles. The molecule has 0 radical (unpaired) electrons. The lowest BCUT2D eigenvalue weighted by Crippen LogP contribution is -2.29. The molecule has 2 atom stereocenters. The van der Waals surface area contributed by atoms with Crippen LogP contribution in [0.3, 0.4) is 0 Å². The van der Waals surface area contributed by atoms with Gasteiger partial charge in [-0.3, -0.25) is 14.3 Å². The van der Waals surface area contributed by atoms with Gasteiger partial charge in [-0.1, -0.05) is 42.5 Å². The monoisotopic (exact) mass is 357 g/mol. The zero-order valence-corrected chi connectivity index (χ0v) is 14.6. The molecule has 6 heteroatoms. The number of allylic oxidation sites excluding steroid dienone is 2. The summed E-state index contributed by atoms with van der Waals surface area (Å²) in [7, 11) is 0. The summed E-state index contributed by atoms with van der Waals surface area (Å²) < 4.78 is 1.60. The van der Waals surface area contributed by atoms with E-state index in [2.05, 4.69) is 9.97 Å². The summed E-state index contributed by atoms with van der Waals surface area (Å²) in [6.45, 7) is 0.453. The van der Waals surface area contributed by atoms with Gasteiger partial charge in [-0.05, 0) is 22.8 Å². The predicted molar refractivity (Wildman–Crippen MR) is 107 cm³/mol. The van der Waals surface area contributed by atoms with Crippen LogP contribution < -0.4 is 11.3 Å². The van der Waals surface area contributed by atoms with Crippen LogP contribution in [0, 0.1) is 11.3 Å². The molecule has 134 valence electrons. The van der Waals surface area contributed by atoms with Crippen molar-refractivity contribution in [3.63, 3.8) is 0 Å². The number of nitrogens with two attached hydrogens (primary N) is 1. The molecule has 1 aliphatic rings. The van der Waals surface area contributed by atoms with Gasteiger partial charge in [-0.25, -0.2) is 4.98 Å². The summed E-state index contributed by atoms with van der Waals surface area (Å²) >= 11 is 0. The molecule has 0 fully saturated rings. The van der Waals surface area contributed by atoms with Gasteiger partial charge in [0.2, 0.25) is 0 Å². The Bertz CT molecular complexity index is 1110. The molecular weight excluding hydrogens is 338 g/mol. The van der Waals surface area contributed by atoms with E-state index in [1.165, 1.54) is 6.21 Å². The van der Waals surface area contributed by atoms with Crippen molar-refractivity contribution in [2.24, 2.45) is 11.7 Å². The molecule has 1 aromatic carbocycles. The standard InChI is InChI=1S/C21H19N5O/c22-10-17-6-5-16(9-19(17)23)15-3-1-14(2-4-15)12-26-13-25-20-11-24-8-7-18(20)21(26)27/h1-11,13,17,19,22H,12,23H2. The first kappa shape index (κ1) is 17.1. The minimum Gasteiger partial charge on any atom is -0.324 e. The lowest BCUT2D eigenvalue weighted by molar-refractivity contribution is 0.729. The molecule has 4 rings (SSSR count). The van der Waals surface area contributed by atoms with Crippen LogP contribution in [0.25, 0.3) is 16.5 Å². The molecule has 0 saturated carbocycles. The van der Waals surface area contributed by atoms with Gasteiger partial charge >= 0.3 is 0 Å². The average Bonchev–Trinajstić information content (AvgIpc) is 2.71. The fraction of sp³-hybridized carbons (Fsp3) is 0.143. The Hall–Kier alpha value is -3.38. The topological polar surface area (TPSA) is 97.6 Å². The fourth-order valence-electron chi connectivity index (χ4n) is 3.20. The van der Waals surface area contributed by atoms with Crippen LogP contribution in [0.15, 0.2) is 72.1 Å². The molecule has 3 aromatic rings. The summed E-state index contributed by atoms with van der Waals surface area (Å²) in [6, 6.07) is 9.55. The highest BCUT2D eigenvalue weighted by atomic mass is 16.1. The highest BCUT2D eigenvalue weighted by Crippen LogP contribution is 2.23. The van der Waals surface area contributed by atoms with Crippen LogP contribution in [0.2, 0.25) is 0 Å². The molecule has 2 aromatic heterocycles. The van der Waals surface area contributed by atoms with Gasteiger partial charge in [0.05, 0.1) is 30.0 Å². The Morgan fingerprint density at radius 3 is 2.78 bits per heavy atom. The van der Waals surface area contributed by atoms with E-state index in [4.69, 9.17) is 11.1 Å². The van der Waals surface area contributed by atoms with Gasteiger partial charge < -0.3 is 11.1 Å². The molecule has 3 N–H and O–H groups in total. The van der Waals surface area contributed by atoms with Crippen LogP contribution in [0.5, 0.6) is 0 Å². The second-order valence-corrected chi connectivity index (χ2v) is 6.57. The number of hydrogen-bond donors (Lipinski definition) is 2. The number of nitrogens with one attached hydrogen (secondary N) is 1. The third kappa shape index (κ3) is 3.35. The van der Waals surface area contributed by atoms with Crippen molar-refractivity contribution in [2.75, 3.05) is 0 Å². The van der Waals surface area contributed by atoms with Crippen molar-refractivity contribution >= 4 is 22.7 Å². The van der Waals surface area contributed by atoms with E-state index in [-0.39, 0.29) is 17.5 Å². The molecular formula is C21H19N5O. The first-order valence-electron chi connectivity index (χ1n) is 8.70. The summed E-state index contributed by atoms with van der Waals surface area (Å²) in [5.41, 5.74) is 9.73. The van der Waals surface area contributed by atoms with Gasteiger partial charge in [0.15, 0.2) is 0 Å². The Kier molecular flexibility index (Phi) is 4.48. The second-order valence-electron chi connectivity index (χ2n) is 6.57. The van der Waals surface area contributed by atoms with Gasteiger partial charge in [-0.2, -0.15) is 0 Å². The van der Waals surface area contributed by atoms with E-state index in [1.807, 2.05) is 42.5 Å². The van der Waals surface area contributed by atoms with Crippen LogP contribution >= 0.6 is 0 Å². The maximum atomic E-state index is 12.6. The Morgan fingerprint density at radius 2 is 2.04 bits per heavy atom. The molecule has 0 spiro atoms. The van der Waals surface area contributed by atoms with E-state index in [0.717, 1.165) is 16.7 Å². The molecule has 0 amide bonds. The number of benzene rings is 1. The maximum absolute atomic E-state index is 12.6. The van der Waals surface area contributed by atoms with Crippen molar-refractivity contribution < 1.29 is 0 Å². The summed E-state index contributed by atoms with van der Waals surface area (Å²) in [5.74, 6) is -0.0458. The Morgan fingerprint density at radius 1 is 1.22 bits per heavy atom. The third-order valence-corrected chi connectivity index (χ3v) is 4.77. The number of aromatic nitrogens is 3. The summed E-state index contributed by atoms with van der Waals surface area (Å²) in [5, 5.41) is 7.94. The lowest BCUT2D eigenvalue weighted by atomic mass is 9.90. The van der Waals surface area contributed by atoms with E-state index in [0.29, 0.717) is 17.4 Å². The van der Waals surface area contributed by atoms with Gasteiger partial charge in [0.1, 0.15) is 0 Å². The number of hydrogen-bond acceptors (Lipinski definition) is 5. The van der Waals surface area contributed by atoms with Gasteiger partial charge in [0.25, 0.3) is 5.56 Å². The average molecular weight is 357 g/mol. The van der Waals surface area contributed by atoms with Crippen molar-refractivity contribution in [3.8, 4) is 0 Å². The fourth-order valence-corrected chi connectivity index (χ4v) is 3.20. The third-order valence-electron chi connectivity index (χ3n) is 4.77. The normalized spacial score (nSPS) is 19.1. The van der Waals surface area contributed by atoms with Crippen LogP contribution in [0.1, 0.15) is 11.1 Å². The number of fused-ring (bicyclic) bond motifs is 1. The maximum Gasteiger partial charge on any atom is 0.261 e. The molecule has 6 nitrogen and oxygen atoms in total. The van der Waals surface area contributed by atoms with E-state index in [9.17, 15) is 4.79 Å². The minimum atomic E-state index is -0.182. The molecule has 0 aliphatic heterocycles. The molecule has 0 bridgehead atoms. The lowest BCUT2D eigenvalue weighted by Gasteiger charge is -2.19. The van der Waals surface area contributed by atoms with E-state index >= 15 is 0 Å². The highest BCUT2D eigenvalue weighted by Gasteiger charge is 2.15. The van der Waals surface area contributed by atoms with E-state index < -0.39 is 0 Å². The largest absolute Gasteiger partial charge is 0.324 e. The van der Waals surface area contributed by atoms with Crippen molar-refractivity contribution in [1.82, 2.24) is 14.5 Å². The van der Waals surface area contributed by atoms with Crippen molar-refractivity contribution in [1.29, 1.82) is 5.41 Å².